The summed E-state index contributed by atoms with van der Waals surface area (Å²) in [6.45, 7) is 5.79. The fourth-order valence-electron chi connectivity index (χ4n) is 5.76. The Kier molecular flexibility index (Phi) is 9.94. The average Bonchev–Trinajstić information content (AvgIpc) is 3.77. The van der Waals surface area contributed by atoms with Crippen molar-refractivity contribution >= 4 is 41.9 Å². The molecule has 2 aromatic carbocycles. The SMILES string of the molecule is CC(C)(C)OC(=O)N(C[C@H](O)COc1cccc(S(=O)(=O)C2CC2)c1)[C@H]1COC2(CCN(S(=O)(=O)c3cccc(Br)c3)CC2)C1. The van der Waals surface area contributed by atoms with Gasteiger partial charge in [-0.05, 0) is 89.3 Å². The second-order valence-corrected chi connectivity index (χ2v) is 18.1. The van der Waals surface area contributed by atoms with Crippen LogP contribution < -0.4 is 4.74 Å². The molecule has 248 valence electrons. The van der Waals surface area contributed by atoms with Crippen molar-refractivity contribution in [2.75, 3.05) is 32.8 Å². The van der Waals surface area contributed by atoms with Gasteiger partial charge in [0.15, 0.2) is 9.84 Å². The molecule has 2 heterocycles. The van der Waals surface area contributed by atoms with Gasteiger partial charge in [0.1, 0.15) is 24.1 Å². The van der Waals surface area contributed by atoms with Crippen LogP contribution in [0.3, 0.4) is 0 Å². The fraction of sp³-hybridized carbons (Fsp3) is 0.581. The van der Waals surface area contributed by atoms with Crippen LogP contribution >= 0.6 is 15.9 Å². The minimum Gasteiger partial charge on any atom is -0.491 e. The number of carbonyl (C=O) groups excluding carboxylic acids is 1. The number of sulfonamides is 1. The minimum absolute atomic E-state index is 0.0948. The van der Waals surface area contributed by atoms with Gasteiger partial charge in [-0.2, -0.15) is 4.31 Å². The highest BCUT2D eigenvalue weighted by atomic mass is 79.9. The summed E-state index contributed by atoms with van der Waals surface area (Å²) in [5, 5.41) is 10.6. The molecule has 3 aliphatic rings. The van der Waals surface area contributed by atoms with Crippen LogP contribution in [0.15, 0.2) is 62.8 Å². The molecule has 1 spiro atoms. The predicted molar refractivity (Wildman–Crippen MR) is 170 cm³/mol. The first-order valence-corrected chi connectivity index (χ1v) is 18.9. The number of carbonyl (C=O) groups is 1. The number of hydrogen-bond donors (Lipinski definition) is 1. The standard InChI is InChI=1S/C31H41BrN2O9S2/c1-30(2,3)43-29(36)34(19-24(35)21-41-25-7-5-8-27(17-25)44(37,38)26-10-11-26)23-18-31(42-20-23)12-14-33(15-13-31)45(39,40)28-9-4-6-22(32)16-28/h4-9,16-17,23-24,26,35H,10-15,18-21H2,1-3H3/t23-,24+/m1/s1. The third-order valence-corrected chi connectivity index (χ3v) is 12.9. The Balaban J connectivity index is 1.22. The predicted octanol–water partition coefficient (Wildman–Crippen LogP) is 4.37. The molecule has 1 aliphatic carbocycles. The largest absolute Gasteiger partial charge is 0.491 e. The van der Waals surface area contributed by atoms with Gasteiger partial charge in [-0.15, -0.1) is 0 Å². The third kappa shape index (κ3) is 8.20. The molecular formula is C31H41BrN2O9S2. The third-order valence-electron chi connectivity index (χ3n) is 8.27. The molecule has 0 bridgehead atoms. The smallest absolute Gasteiger partial charge is 0.410 e. The van der Waals surface area contributed by atoms with E-state index in [2.05, 4.69) is 15.9 Å². The maximum atomic E-state index is 13.4. The summed E-state index contributed by atoms with van der Waals surface area (Å²) >= 11 is 3.34. The number of hydrogen-bond acceptors (Lipinski definition) is 9. The number of piperidine rings is 1. The number of amides is 1. The molecule has 1 amide bonds. The van der Waals surface area contributed by atoms with Gasteiger partial charge >= 0.3 is 6.09 Å². The number of nitrogens with zero attached hydrogens (tertiary/aromatic N) is 2. The van der Waals surface area contributed by atoms with Crippen LogP contribution in [0.1, 0.15) is 52.9 Å². The summed E-state index contributed by atoms with van der Waals surface area (Å²) in [7, 11) is -7.06. The van der Waals surface area contributed by atoms with Gasteiger partial charge in [0.25, 0.3) is 0 Å². The lowest BCUT2D eigenvalue weighted by atomic mass is 9.88. The summed E-state index contributed by atoms with van der Waals surface area (Å²) < 4.78 is 71.6. The van der Waals surface area contributed by atoms with E-state index in [1.165, 1.54) is 21.3 Å². The fourth-order valence-corrected chi connectivity index (χ4v) is 9.49. The Morgan fingerprint density at radius 3 is 2.40 bits per heavy atom. The van der Waals surface area contributed by atoms with E-state index in [-0.39, 0.29) is 47.9 Å². The molecule has 5 rings (SSSR count). The van der Waals surface area contributed by atoms with E-state index in [0.29, 0.717) is 42.3 Å². The highest BCUT2D eigenvalue weighted by Gasteiger charge is 2.48. The maximum Gasteiger partial charge on any atom is 0.410 e. The molecule has 2 saturated heterocycles. The highest BCUT2D eigenvalue weighted by Crippen LogP contribution is 2.40. The number of benzene rings is 2. The monoisotopic (exact) mass is 728 g/mol. The van der Waals surface area contributed by atoms with Crippen molar-refractivity contribution in [3.63, 3.8) is 0 Å². The van der Waals surface area contributed by atoms with Gasteiger partial charge in [0.2, 0.25) is 10.0 Å². The van der Waals surface area contributed by atoms with E-state index in [1.807, 2.05) is 0 Å². The number of aliphatic hydroxyl groups is 1. The average molecular weight is 730 g/mol. The molecule has 1 saturated carbocycles. The summed E-state index contributed by atoms with van der Waals surface area (Å²) in [6, 6.07) is 12.5. The molecule has 2 atom stereocenters. The first kappa shape index (κ1) is 34.1. The first-order valence-electron chi connectivity index (χ1n) is 15.1. The molecule has 1 N–H and O–H groups in total. The van der Waals surface area contributed by atoms with Crippen molar-refractivity contribution in [2.45, 2.75) is 91.3 Å². The number of ether oxygens (including phenoxy) is 3. The molecular weight excluding hydrogens is 688 g/mol. The van der Waals surface area contributed by atoms with Gasteiger partial charge in [-0.25, -0.2) is 21.6 Å². The first-order chi connectivity index (χ1) is 21.1. The van der Waals surface area contributed by atoms with Crippen LogP contribution in [-0.4, -0.2) is 98.7 Å². The topological polar surface area (TPSA) is 140 Å². The van der Waals surface area contributed by atoms with E-state index in [4.69, 9.17) is 14.2 Å². The highest BCUT2D eigenvalue weighted by molar-refractivity contribution is 9.10. The zero-order valence-corrected chi connectivity index (χ0v) is 28.9. The summed E-state index contributed by atoms with van der Waals surface area (Å²) in [5.74, 6) is 0.312. The lowest BCUT2D eigenvalue weighted by molar-refractivity contribution is -0.0329. The molecule has 2 aromatic rings. The van der Waals surface area contributed by atoms with E-state index >= 15 is 0 Å². The van der Waals surface area contributed by atoms with Crippen molar-refractivity contribution in [3.05, 3.63) is 53.0 Å². The molecule has 0 aromatic heterocycles. The van der Waals surface area contributed by atoms with E-state index in [0.717, 1.165) is 0 Å². The maximum absolute atomic E-state index is 13.4. The quantitative estimate of drug-likeness (QED) is 0.378. The zero-order valence-electron chi connectivity index (χ0n) is 25.7. The lowest BCUT2D eigenvalue weighted by Crippen LogP contribution is -2.50. The number of halogens is 1. The molecule has 11 nitrogen and oxygen atoms in total. The van der Waals surface area contributed by atoms with Crippen LogP contribution in [0.25, 0.3) is 0 Å². The van der Waals surface area contributed by atoms with Crippen LogP contribution in [0.4, 0.5) is 4.79 Å². The van der Waals surface area contributed by atoms with Crippen molar-refractivity contribution in [1.29, 1.82) is 0 Å². The van der Waals surface area contributed by atoms with Crippen molar-refractivity contribution in [2.24, 2.45) is 0 Å². The Labute approximate surface area is 273 Å². The van der Waals surface area contributed by atoms with Crippen molar-refractivity contribution < 1.29 is 40.9 Å². The lowest BCUT2D eigenvalue weighted by Gasteiger charge is -2.38. The van der Waals surface area contributed by atoms with Gasteiger partial charge in [0.05, 0.1) is 39.8 Å². The minimum atomic E-state index is -3.67. The van der Waals surface area contributed by atoms with E-state index in [9.17, 15) is 26.7 Å². The molecule has 14 heteroatoms. The van der Waals surface area contributed by atoms with E-state index in [1.54, 1.807) is 57.2 Å². The van der Waals surface area contributed by atoms with Crippen molar-refractivity contribution in [1.82, 2.24) is 9.21 Å². The zero-order chi connectivity index (χ0) is 32.6. The van der Waals surface area contributed by atoms with Gasteiger partial charge in [-0.3, -0.25) is 0 Å². The molecule has 45 heavy (non-hydrogen) atoms. The Hall–Kier alpha value is -2.23. The van der Waals surface area contributed by atoms with Gasteiger partial charge < -0.3 is 24.2 Å². The molecule has 3 fully saturated rings. The number of sulfone groups is 1. The summed E-state index contributed by atoms with van der Waals surface area (Å²) in [5.41, 5.74) is -1.38. The van der Waals surface area contributed by atoms with Crippen LogP contribution in [0, 0.1) is 0 Å². The normalized spacial score (nSPS) is 21.4. The molecule has 0 radical (unpaired) electrons. The second kappa shape index (κ2) is 13.1. The van der Waals surface area contributed by atoms with Crippen LogP contribution in [0.2, 0.25) is 0 Å². The molecule has 2 aliphatic heterocycles. The summed E-state index contributed by atoms with van der Waals surface area (Å²) in [4.78, 5) is 15.2. The van der Waals surface area contributed by atoms with E-state index < -0.39 is 49.3 Å². The number of aliphatic hydroxyl groups excluding tert-OH is 1. The van der Waals surface area contributed by atoms with Crippen LogP contribution in [0.5, 0.6) is 5.75 Å². The van der Waals surface area contributed by atoms with Gasteiger partial charge in [-0.1, -0.05) is 28.1 Å². The van der Waals surface area contributed by atoms with Crippen molar-refractivity contribution in [3.8, 4) is 5.75 Å². The Morgan fingerprint density at radius 2 is 1.76 bits per heavy atom. The Morgan fingerprint density at radius 1 is 1.09 bits per heavy atom. The Bertz CT molecular complexity index is 1600. The molecule has 0 unspecified atom stereocenters. The summed E-state index contributed by atoms with van der Waals surface area (Å²) in [6.07, 6.45) is 1.000. The van der Waals surface area contributed by atoms with Gasteiger partial charge in [0, 0.05) is 17.6 Å². The second-order valence-electron chi connectivity index (χ2n) is 13.0. The number of rotatable bonds is 10. The van der Waals surface area contributed by atoms with Crippen LogP contribution in [-0.2, 0) is 29.3 Å².